The van der Waals surface area contributed by atoms with Crippen LogP contribution in [0, 0.1) is 0 Å². The molecule has 6 heteroatoms. The molecule has 1 aromatic heterocycles. The Morgan fingerprint density at radius 1 is 1.58 bits per heavy atom. The van der Waals surface area contributed by atoms with Crippen LogP contribution >= 0.6 is 0 Å². The molecular weight excluding hydrogens is 244 g/mol. The second-order valence-electron chi connectivity index (χ2n) is 4.65. The van der Waals surface area contributed by atoms with E-state index in [1.165, 1.54) is 0 Å². The number of nitrogens with two attached hydrogens (primary N) is 1. The molecule has 0 fully saturated rings. The highest BCUT2D eigenvalue weighted by Gasteiger charge is 2.10. The zero-order valence-corrected chi connectivity index (χ0v) is 11.7. The Morgan fingerprint density at radius 3 is 2.95 bits per heavy atom. The average molecular weight is 266 g/mol. The summed E-state index contributed by atoms with van der Waals surface area (Å²) < 4.78 is 5.50. The van der Waals surface area contributed by atoms with E-state index in [9.17, 15) is 0 Å². The van der Waals surface area contributed by atoms with Crippen molar-refractivity contribution < 1.29 is 9.94 Å². The number of hydrogen-bond donors (Lipinski definition) is 2. The van der Waals surface area contributed by atoms with Gasteiger partial charge in [-0.25, -0.2) is 0 Å². The van der Waals surface area contributed by atoms with Gasteiger partial charge in [-0.3, -0.25) is 9.88 Å². The quantitative estimate of drug-likeness (QED) is 0.333. The molecule has 106 valence electrons. The molecule has 0 spiro atoms. The number of likely N-dealkylation sites (N-methyl/N-ethyl adjacent to an activating group) is 1. The summed E-state index contributed by atoms with van der Waals surface area (Å²) in [5, 5.41) is 11.7. The van der Waals surface area contributed by atoms with E-state index in [-0.39, 0.29) is 11.9 Å². The Hall–Kier alpha value is -1.66. The Bertz CT molecular complexity index is 421. The van der Waals surface area contributed by atoms with Gasteiger partial charge in [0.25, 0.3) is 0 Å². The summed E-state index contributed by atoms with van der Waals surface area (Å²) in [6.07, 6.45) is 1.86. The van der Waals surface area contributed by atoms with Crippen LogP contribution in [0.3, 0.4) is 0 Å². The predicted molar refractivity (Wildman–Crippen MR) is 74.2 cm³/mol. The lowest BCUT2D eigenvalue weighted by atomic mass is 10.1. The fourth-order valence-electron chi connectivity index (χ4n) is 1.66. The molecule has 19 heavy (non-hydrogen) atoms. The van der Waals surface area contributed by atoms with Gasteiger partial charge in [0, 0.05) is 19.3 Å². The van der Waals surface area contributed by atoms with Crippen molar-refractivity contribution in [3.8, 4) is 0 Å². The van der Waals surface area contributed by atoms with Gasteiger partial charge in [0.2, 0.25) is 0 Å². The van der Waals surface area contributed by atoms with Crippen LogP contribution in [0.5, 0.6) is 0 Å². The molecule has 0 saturated carbocycles. The first-order valence-electron chi connectivity index (χ1n) is 6.26. The molecule has 1 aromatic rings. The van der Waals surface area contributed by atoms with Crippen LogP contribution in [-0.4, -0.2) is 47.2 Å². The van der Waals surface area contributed by atoms with Crippen LogP contribution < -0.4 is 5.73 Å². The summed E-state index contributed by atoms with van der Waals surface area (Å²) in [4.78, 5) is 6.24. The first-order valence-corrected chi connectivity index (χ1v) is 6.26. The zero-order chi connectivity index (χ0) is 14.3. The summed E-state index contributed by atoms with van der Waals surface area (Å²) in [5.41, 5.74) is 7.04. The molecule has 0 radical (unpaired) electrons. The number of rotatable bonds is 7. The van der Waals surface area contributed by atoms with Crippen molar-refractivity contribution in [1.29, 1.82) is 0 Å². The predicted octanol–water partition coefficient (Wildman–Crippen LogP) is 1.03. The fraction of sp³-hybridized carbons (Fsp3) is 0.538. The monoisotopic (exact) mass is 266 g/mol. The maximum absolute atomic E-state index is 8.74. The summed E-state index contributed by atoms with van der Waals surface area (Å²) in [5.74, 6) is 0.0300. The van der Waals surface area contributed by atoms with Gasteiger partial charge in [-0.2, -0.15) is 0 Å². The van der Waals surface area contributed by atoms with Crippen molar-refractivity contribution in [2.24, 2.45) is 10.9 Å². The van der Waals surface area contributed by atoms with Crippen LogP contribution in [0.15, 0.2) is 23.5 Å². The first kappa shape index (κ1) is 15.4. The maximum Gasteiger partial charge on any atom is 0.189 e. The van der Waals surface area contributed by atoms with E-state index < -0.39 is 0 Å². The molecule has 6 nitrogen and oxygen atoms in total. The van der Waals surface area contributed by atoms with Gasteiger partial charge < -0.3 is 15.7 Å². The smallest absolute Gasteiger partial charge is 0.189 e. The van der Waals surface area contributed by atoms with Gasteiger partial charge in [-0.05, 0) is 32.5 Å². The van der Waals surface area contributed by atoms with Crippen molar-refractivity contribution in [3.05, 3.63) is 29.6 Å². The highest BCUT2D eigenvalue weighted by molar-refractivity contribution is 5.96. The Labute approximate surface area is 113 Å². The van der Waals surface area contributed by atoms with E-state index in [1.807, 2.05) is 33.0 Å². The lowest BCUT2D eigenvalue weighted by molar-refractivity contribution is 0.0627. The van der Waals surface area contributed by atoms with Crippen LogP contribution in [0.1, 0.15) is 25.1 Å². The van der Waals surface area contributed by atoms with Crippen molar-refractivity contribution in [3.63, 3.8) is 0 Å². The third kappa shape index (κ3) is 5.23. The molecule has 1 heterocycles. The highest BCUT2D eigenvalue weighted by Crippen LogP contribution is 2.08. The van der Waals surface area contributed by atoms with Crippen LogP contribution in [0.2, 0.25) is 0 Å². The molecule has 1 rings (SSSR count). The van der Waals surface area contributed by atoms with Crippen LogP contribution in [0.25, 0.3) is 0 Å². The summed E-state index contributed by atoms with van der Waals surface area (Å²) >= 11 is 0. The topological polar surface area (TPSA) is 84.0 Å². The van der Waals surface area contributed by atoms with Gasteiger partial charge in [-0.1, -0.05) is 11.2 Å². The number of nitrogens with zero attached hydrogens (tertiary/aromatic N) is 3. The summed E-state index contributed by atoms with van der Waals surface area (Å²) in [7, 11) is 1.99. The van der Waals surface area contributed by atoms with E-state index in [4.69, 9.17) is 15.7 Å². The number of amidine groups is 1. The lowest BCUT2D eigenvalue weighted by Crippen LogP contribution is -2.26. The number of aromatic nitrogens is 1. The van der Waals surface area contributed by atoms with Crippen LogP contribution in [-0.2, 0) is 11.3 Å². The second-order valence-corrected chi connectivity index (χ2v) is 4.65. The van der Waals surface area contributed by atoms with Gasteiger partial charge in [0.15, 0.2) is 5.84 Å². The first-order chi connectivity index (χ1) is 9.04. The summed E-state index contributed by atoms with van der Waals surface area (Å²) in [6, 6.07) is 3.75. The van der Waals surface area contributed by atoms with E-state index >= 15 is 0 Å². The lowest BCUT2D eigenvalue weighted by Gasteiger charge is -2.18. The molecule has 0 aromatic carbocycles. The van der Waals surface area contributed by atoms with Gasteiger partial charge in [0.1, 0.15) is 5.69 Å². The minimum atomic E-state index is 0.0300. The molecule has 0 amide bonds. The Balaban J connectivity index is 2.61. The molecule has 0 aliphatic rings. The number of pyridine rings is 1. The molecule has 0 atom stereocenters. The van der Waals surface area contributed by atoms with E-state index in [1.54, 1.807) is 6.20 Å². The highest BCUT2D eigenvalue weighted by atomic mass is 16.5. The van der Waals surface area contributed by atoms with Crippen molar-refractivity contribution >= 4 is 5.84 Å². The number of hydrogen-bond acceptors (Lipinski definition) is 5. The largest absolute Gasteiger partial charge is 0.409 e. The molecule has 0 saturated heterocycles. The van der Waals surface area contributed by atoms with E-state index in [2.05, 4.69) is 15.0 Å². The number of oxime groups is 1. The second kappa shape index (κ2) is 7.70. The molecule has 0 unspecified atom stereocenters. The molecule has 0 aliphatic heterocycles. The maximum atomic E-state index is 8.74. The van der Waals surface area contributed by atoms with Gasteiger partial charge >= 0.3 is 0 Å². The van der Waals surface area contributed by atoms with Crippen molar-refractivity contribution in [2.45, 2.75) is 26.5 Å². The summed E-state index contributed by atoms with van der Waals surface area (Å²) in [6.45, 7) is 6.17. The fourth-order valence-corrected chi connectivity index (χ4v) is 1.66. The Morgan fingerprint density at radius 2 is 2.32 bits per heavy atom. The normalized spacial score (nSPS) is 12.4. The molecule has 0 bridgehead atoms. The van der Waals surface area contributed by atoms with Crippen molar-refractivity contribution in [1.82, 2.24) is 9.88 Å². The zero-order valence-electron chi connectivity index (χ0n) is 11.7. The third-order valence-electron chi connectivity index (χ3n) is 2.61. The average Bonchev–Trinajstić information content (AvgIpc) is 2.38. The SMILES string of the molecule is CC(C)OCCN(C)Cc1cccnc1/C(N)=N/O. The van der Waals surface area contributed by atoms with Crippen LogP contribution in [0.4, 0.5) is 0 Å². The third-order valence-corrected chi connectivity index (χ3v) is 2.61. The molecule has 0 aliphatic carbocycles. The molecule has 3 N–H and O–H groups in total. The minimum absolute atomic E-state index is 0.0300. The van der Waals surface area contributed by atoms with Gasteiger partial charge in [0.05, 0.1) is 12.7 Å². The van der Waals surface area contributed by atoms with E-state index in [0.29, 0.717) is 18.8 Å². The molecular formula is C13H22N4O2. The number of ether oxygens (including phenoxy) is 1. The van der Waals surface area contributed by atoms with Crippen molar-refractivity contribution in [2.75, 3.05) is 20.2 Å². The standard InChI is InChI=1S/C13H22N4O2/c1-10(2)19-8-7-17(3)9-11-5-4-6-15-12(11)13(14)16-18/h4-6,10,18H,7-9H2,1-3H3,(H2,14,16). The Kier molecular flexibility index (Phi) is 6.24. The van der Waals surface area contributed by atoms with E-state index in [0.717, 1.165) is 12.1 Å². The van der Waals surface area contributed by atoms with Gasteiger partial charge in [-0.15, -0.1) is 0 Å². The minimum Gasteiger partial charge on any atom is -0.409 e.